The molecule has 0 saturated heterocycles. The van der Waals surface area contributed by atoms with Crippen LogP contribution in [0.4, 0.5) is 0 Å². The fourth-order valence-corrected chi connectivity index (χ4v) is 3.51. The summed E-state index contributed by atoms with van der Waals surface area (Å²) in [5.74, 6) is 0. The molecule has 0 nitrogen and oxygen atoms in total. The van der Waals surface area contributed by atoms with Crippen LogP contribution in [-0.4, -0.2) is 0 Å². The summed E-state index contributed by atoms with van der Waals surface area (Å²) in [6, 6.07) is 22.4. The highest BCUT2D eigenvalue weighted by Gasteiger charge is 2.17. The van der Waals surface area contributed by atoms with Crippen molar-refractivity contribution in [2.75, 3.05) is 0 Å². The fourth-order valence-electron chi connectivity index (χ4n) is 3.51. The van der Waals surface area contributed by atoms with E-state index in [1.807, 2.05) is 0 Å². The van der Waals surface area contributed by atoms with Crippen LogP contribution in [0.1, 0.15) is 29.2 Å². The lowest BCUT2D eigenvalue weighted by molar-refractivity contribution is 1.20. The number of fused-ring (bicyclic) bond motifs is 1. The summed E-state index contributed by atoms with van der Waals surface area (Å²) < 4.78 is 0. The van der Waals surface area contributed by atoms with Crippen molar-refractivity contribution >= 4 is 6.08 Å². The van der Waals surface area contributed by atoms with E-state index in [0.29, 0.717) is 0 Å². The predicted molar refractivity (Wildman–Crippen MR) is 104 cm³/mol. The molecule has 0 heteroatoms. The molecule has 0 heterocycles. The van der Waals surface area contributed by atoms with Crippen molar-refractivity contribution in [3.8, 4) is 22.3 Å². The van der Waals surface area contributed by atoms with Crippen LogP contribution < -0.4 is 0 Å². The molecule has 0 fully saturated rings. The van der Waals surface area contributed by atoms with Crippen LogP contribution in [0.15, 0.2) is 66.2 Å². The summed E-state index contributed by atoms with van der Waals surface area (Å²) in [4.78, 5) is 0. The lowest BCUT2D eigenvalue weighted by atomic mass is 9.91. The third-order valence-electron chi connectivity index (χ3n) is 4.87. The van der Waals surface area contributed by atoms with E-state index in [2.05, 4.69) is 87.5 Å². The van der Waals surface area contributed by atoms with Gasteiger partial charge in [-0.2, -0.15) is 0 Å². The normalized spacial score (nSPS) is 12.9. The molecule has 1 aliphatic carbocycles. The zero-order chi connectivity index (χ0) is 16.7. The second-order valence-corrected chi connectivity index (χ2v) is 7.00. The lowest BCUT2D eigenvalue weighted by Gasteiger charge is -2.13. The molecule has 0 saturated carbocycles. The minimum atomic E-state index is 1.06. The lowest BCUT2D eigenvalue weighted by Crippen LogP contribution is -1.91. The van der Waals surface area contributed by atoms with Gasteiger partial charge in [0.05, 0.1) is 0 Å². The van der Waals surface area contributed by atoms with E-state index in [4.69, 9.17) is 0 Å². The summed E-state index contributed by atoms with van der Waals surface area (Å²) in [5, 5.41) is 0. The zero-order valence-electron chi connectivity index (χ0n) is 14.6. The van der Waals surface area contributed by atoms with Crippen LogP contribution >= 0.6 is 0 Å². The maximum absolute atomic E-state index is 2.37. The van der Waals surface area contributed by atoms with Gasteiger partial charge in [-0.15, -0.1) is 0 Å². The summed E-state index contributed by atoms with van der Waals surface area (Å²) >= 11 is 0. The molecule has 1 aliphatic rings. The summed E-state index contributed by atoms with van der Waals surface area (Å²) in [5.41, 5.74) is 12.1. The Kier molecular flexibility index (Phi) is 3.61. The van der Waals surface area contributed by atoms with Crippen molar-refractivity contribution in [3.63, 3.8) is 0 Å². The average Bonchev–Trinajstić information content (AvgIpc) is 2.95. The minimum Gasteiger partial charge on any atom is -0.0683 e. The van der Waals surface area contributed by atoms with Crippen molar-refractivity contribution in [3.05, 3.63) is 88.5 Å². The Morgan fingerprint density at radius 3 is 1.83 bits per heavy atom. The average molecular weight is 310 g/mol. The third-order valence-corrected chi connectivity index (χ3v) is 4.87. The van der Waals surface area contributed by atoms with Crippen LogP contribution in [0.3, 0.4) is 0 Å². The van der Waals surface area contributed by atoms with Crippen molar-refractivity contribution < 1.29 is 0 Å². The van der Waals surface area contributed by atoms with Gasteiger partial charge in [0.1, 0.15) is 0 Å². The van der Waals surface area contributed by atoms with E-state index in [-0.39, 0.29) is 0 Å². The van der Waals surface area contributed by atoms with Crippen molar-refractivity contribution in [2.24, 2.45) is 0 Å². The molecular formula is C24H22. The molecule has 118 valence electrons. The van der Waals surface area contributed by atoms with Crippen molar-refractivity contribution in [1.82, 2.24) is 0 Å². The van der Waals surface area contributed by atoms with Crippen LogP contribution in [-0.2, 0) is 6.42 Å². The molecule has 0 spiro atoms. The van der Waals surface area contributed by atoms with Crippen LogP contribution in [0.5, 0.6) is 0 Å². The molecule has 24 heavy (non-hydrogen) atoms. The molecular weight excluding hydrogens is 288 g/mol. The Balaban J connectivity index is 1.90. The van der Waals surface area contributed by atoms with Gasteiger partial charge in [-0.25, -0.2) is 0 Å². The highest BCUT2D eigenvalue weighted by atomic mass is 14.2. The van der Waals surface area contributed by atoms with E-state index < -0.39 is 0 Å². The molecule has 0 amide bonds. The molecule has 0 N–H and O–H groups in total. The van der Waals surface area contributed by atoms with Crippen LogP contribution in [0.25, 0.3) is 28.3 Å². The number of hydrogen-bond donors (Lipinski definition) is 0. The molecule has 4 rings (SSSR count). The van der Waals surface area contributed by atoms with Gasteiger partial charge in [-0.1, -0.05) is 77.4 Å². The monoisotopic (exact) mass is 310 g/mol. The second-order valence-electron chi connectivity index (χ2n) is 7.00. The van der Waals surface area contributed by atoms with E-state index >= 15 is 0 Å². The Labute approximate surface area is 144 Å². The standard InChI is InChI=1S/C24H22/c1-16-4-8-19(9-5-16)21-14-22-12-18(3)13-23(22)24(15-21)20-10-6-17(2)7-11-20/h4-11,13-15H,12H2,1-3H3. The highest BCUT2D eigenvalue weighted by Crippen LogP contribution is 2.38. The number of rotatable bonds is 2. The first-order valence-corrected chi connectivity index (χ1v) is 8.58. The molecule has 0 bridgehead atoms. The largest absolute Gasteiger partial charge is 0.0683 e. The topological polar surface area (TPSA) is 0 Å². The first kappa shape index (κ1) is 15.0. The number of aryl methyl sites for hydroxylation is 2. The predicted octanol–water partition coefficient (Wildman–Crippen LogP) is 6.60. The first-order chi connectivity index (χ1) is 11.6. The number of hydrogen-bond acceptors (Lipinski definition) is 0. The van der Waals surface area contributed by atoms with Gasteiger partial charge in [0.15, 0.2) is 0 Å². The van der Waals surface area contributed by atoms with Gasteiger partial charge in [0.25, 0.3) is 0 Å². The molecule has 0 radical (unpaired) electrons. The summed E-state index contributed by atoms with van der Waals surface area (Å²) in [7, 11) is 0. The van der Waals surface area contributed by atoms with Crippen molar-refractivity contribution in [1.29, 1.82) is 0 Å². The van der Waals surface area contributed by atoms with E-state index in [0.717, 1.165) is 6.42 Å². The van der Waals surface area contributed by atoms with Crippen LogP contribution in [0.2, 0.25) is 0 Å². The minimum absolute atomic E-state index is 1.06. The number of allylic oxidation sites excluding steroid dienone is 1. The Bertz CT molecular complexity index is 923. The third kappa shape index (κ3) is 2.69. The molecule has 3 aromatic rings. The smallest absolute Gasteiger partial charge is 0.00602 e. The quantitative estimate of drug-likeness (QED) is 0.500. The molecule has 3 aromatic carbocycles. The second kappa shape index (κ2) is 5.79. The first-order valence-electron chi connectivity index (χ1n) is 8.58. The van der Waals surface area contributed by atoms with Gasteiger partial charge in [-0.3, -0.25) is 0 Å². The Hall–Kier alpha value is -2.60. The van der Waals surface area contributed by atoms with Gasteiger partial charge < -0.3 is 0 Å². The molecule has 0 unspecified atom stereocenters. The Morgan fingerprint density at radius 2 is 1.21 bits per heavy atom. The van der Waals surface area contributed by atoms with Gasteiger partial charge >= 0.3 is 0 Å². The summed E-state index contributed by atoms with van der Waals surface area (Å²) in [6.07, 6.45) is 3.41. The molecule has 0 aliphatic heterocycles. The van der Waals surface area contributed by atoms with E-state index in [1.54, 1.807) is 0 Å². The maximum atomic E-state index is 2.37. The van der Waals surface area contributed by atoms with E-state index in [9.17, 15) is 0 Å². The van der Waals surface area contributed by atoms with E-state index in [1.165, 1.54) is 50.1 Å². The highest BCUT2D eigenvalue weighted by molar-refractivity contribution is 5.85. The van der Waals surface area contributed by atoms with Crippen LogP contribution in [0, 0.1) is 13.8 Å². The Morgan fingerprint density at radius 1 is 0.625 bits per heavy atom. The molecule has 0 aromatic heterocycles. The maximum Gasteiger partial charge on any atom is -0.00602 e. The van der Waals surface area contributed by atoms with Gasteiger partial charge in [-0.05, 0) is 66.6 Å². The molecule has 0 atom stereocenters. The van der Waals surface area contributed by atoms with Gasteiger partial charge in [0, 0.05) is 0 Å². The van der Waals surface area contributed by atoms with Crippen molar-refractivity contribution in [2.45, 2.75) is 27.2 Å². The SMILES string of the molecule is CC1=Cc2c(cc(-c3ccc(C)cc3)cc2-c2ccc(C)cc2)C1. The fraction of sp³-hybridized carbons (Fsp3) is 0.167. The van der Waals surface area contributed by atoms with Gasteiger partial charge in [0.2, 0.25) is 0 Å². The number of benzene rings is 3. The summed E-state index contributed by atoms with van der Waals surface area (Å²) in [6.45, 7) is 6.50. The zero-order valence-corrected chi connectivity index (χ0v) is 14.6.